The third-order valence-electron chi connectivity index (χ3n) is 3.31. The zero-order valence-electron chi connectivity index (χ0n) is 11.2. The highest BCUT2D eigenvalue weighted by molar-refractivity contribution is 7.91. The Kier molecular flexibility index (Phi) is 4.66. The van der Waals surface area contributed by atoms with Crippen molar-refractivity contribution in [3.05, 3.63) is 29.8 Å². The second kappa shape index (κ2) is 5.99. The number of hydrogen-bond donors (Lipinski definition) is 2. The van der Waals surface area contributed by atoms with Gasteiger partial charge in [0.05, 0.1) is 16.4 Å². The van der Waals surface area contributed by atoms with Gasteiger partial charge in [0.25, 0.3) is 0 Å². The summed E-state index contributed by atoms with van der Waals surface area (Å²) in [4.78, 5) is 0.192. The highest BCUT2D eigenvalue weighted by Gasteiger charge is 2.27. The van der Waals surface area contributed by atoms with Crippen LogP contribution in [-0.2, 0) is 19.9 Å². The van der Waals surface area contributed by atoms with Crippen LogP contribution in [0.1, 0.15) is 18.4 Å². The van der Waals surface area contributed by atoms with Gasteiger partial charge in [0.2, 0.25) is 10.0 Å². The van der Waals surface area contributed by atoms with Crippen LogP contribution in [0, 0.1) is 0 Å². The van der Waals surface area contributed by atoms with Crippen molar-refractivity contribution in [3.63, 3.8) is 0 Å². The first-order chi connectivity index (χ1) is 9.70. The second-order valence-corrected chi connectivity index (χ2v) is 9.40. The van der Waals surface area contributed by atoms with E-state index in [1.807, 2.05) is 0 Å². The molecular formula is C12H16N2O4S3. The van der Waals surface area contributed by atoms with Crippen LogP contribution >= 0.6 is 12.2 Å². The number of benzene rings is 1. The minimum absolute atomic E-state index is 0.00706. The Labute approximate surface area is 129 Å². The highest BCUT2D eigenvalue weighted by atomic mass is 32.2. The monoisotopic (exact) mass is 348 g/mol. The normalized spacial score (nSPS) is 19.2. The van der Waals surface area contributed by atoms with Gasteiger partial charge in [-0.25, -0.2) is 21.6 Å². The summed E-state index contributed by atoms with van der Waals surface area (Å²) in [5.74, 6) is 0.0141. The third-order valence-corrected chi connectivity index (χ3v) is 6.77. The average molecular weight is 348 g/mol. The van der Waals surface area contributed by atoms with Gasteiger partial charge >= 0.3 is 0 Å². The second-order valence-electron chi connectivity index (χ2n) is 4.94. The molecule has 0 saturated carbocycles. The summed E-state index contributed by atoms with van der Waals surface area (Å²) >= 11 is 4.83. The van der Waals surface area contributed by atoms with E-state index < -0.39 is 19.9 Å². The topological polar surface area (TPSA) is 106 Å². The van der Waals surface area contributed by atoms with Gasteiger partial charge in [-0.3, -0.25) is 0 Å². The molecule has 9 heteroatoms. The Morgan fingerprint density at radius 3 is 2.48 bits per heavy atom. The SMILES string of the molecule is NC(=S)c1cccc(S(=O)(=O)NC2CCS(=O)(=O)CC2)c1. The Morgan fingerprint density at radius 1 is 1.29 bits per heavy atom. The van der Waals surface area contributed by atoms with Crippen LogP contribution in [0.15, 0.2) is 29.2 Å². The number of hydrogen-bond acceptors (Lipinski definition) is 5. The minimum Gasteiger partial charge on any atom is -0.389 e. The molecule has 0 radical (unpaired) electrons. The molecule has 0 bridgehead atoms. The summed E-state index contributed by atoms with van der Waals surface area (Å²) in [6, 6.07) is 5.68. The molecule has 1 aliphatic heterocycles. The van der Waals surface area contributed by atoms with Gasteiger partial charge in [-0.05, 0) is 25.0 Å². The lowest BCUT2D eigenvalue weighted by molar-refractivity contribution is 0.505. The van der Waals surface area contributed by atoms with Gasteiger partial charge in [-0.2, -0.15) is 0 Å². The predicted octanol–water partition coefficient (Wildman–Crippen LogP) is 0.176. The van der Waals surface area contributed by atoms with Crippen LogP contribution in [0.2, 0.25) is 0 Å². The van der Waals surface area contributed by atoms with Crippen molar-refractivity contribution in [3.8, 4) is 0 Å². The maximum absolute atomic E-state index is 12.3. The van der Waals surface area contributed by atoms with E-state index in [-0.39, 0.29) is 40.3 Å². The third kappa shape index (κ3) is 4.22. The minimum atomic E-state index is -3.71. The summed E-state index contributed by atoms with van der Waals surface area (Å²) in [5.41, 5.74) is 5.96. The molecule has 0 unspecified atom stereocenters. The van der Waals surface area contributed by atoms with E-state index in [0.29, 0.717) is 5.56 Å². The molecule has 6 nitrogen and oxygen atoms in total. The molecule has 0 atom stereocenters. The van der Waals surface area contributed by atoms with Crippen molar-refractivity contribution < 1.29 is 16.8 Å². The molecule has 21 heavy (non-hydrogen) atoms. The number of sulfone groups is 1. The van der Waals surface area contributed by atoms with Gasteiger partial charge in [-0.1, -0.05) is 24.4 Å². The van der Waals surface area contributed by atoms with E-state index in [0.717, 1.165) is 0 Å². The zero-order chi connectivity index (χ0) is 15.7. The van der Waals surface area contributed by atoms with Crippen LogP contribution in [0.3, 0.4) is 0 Å². The van der Waals surface area contributed by atoms with Crippen LogP contribution in [0.5, 0.6) is 0 Å². The van der Waals surface area contributed by atoms with E-state index in [9.17, 15) is 16.8 Å². The Balaban J connectivity index is 2.16. The first-order valence-electron chi connectivity index (χ1n) is 6.32. The van der Waals surface area contributed by atoms with Crippen molar-refractivity contribution in [1.82, 2.24) is 4.72 Å². The summed E-state index contributed by atoms with van der Waals surface area (Å²) in [6.45, 7) is 0. The lowest BCUT2D eigenvalue weighted by Crippen LogP contribution is -2.40. The molecule has 1 aromatic carbocycles. The number of nitrogens with one attached hydrogen (secondary N) is 1. The number of thiocarbonyl (C=S) groups is 1. The predicted molar refractivity (Wildman–Crippen MR) is 84.3 cm³/mol. The van der Waals surface area contributed by atoms with Gasteiger partial charge < -0.3 is 5.73 Å². The Hall–Kier alpha value is -1.03. The number of rotatable bonds is 4. The van der Waals surface area contributed by atoms with Gasteiger partial charge in [0.15, 0.2) is 0 Å². The Bertz CT molecular complexity index is 742. The first-order valence-corrected chi connectivity index (χ1v) is 10.0. The standard InChI is InChI=1S/C12H16N2O4S3/c13-12(19)9-2-1-3-11(8-9)21(17,18)14-10-4-6-20(15,16)7-5-10/h1-3,8,10,14H,4-7H2,(H2,13,19). The van der Waals surface area contributed by atoms with E-state index in [1.54, 1.807) is 12.1 Å². The molecule has 2 rings (SSSR count). The lowest BCUT2D eigenvalue weighted by atomic mass is 10.2. The molecule has 0 amide bonds. The molecule has 1 fully saturated rings. The largest absolute Gasteiger partial charge is 0.389 e. The molecule has 0 spiro atoms. The van der Waals surface area contributed by atoms with E-state index in [4.69, 9.17) is 18.0 Å². The first kappa shape index (κ1) is 16.3. The van der Waals surface area contributed by atoms with Gasteiger partial charge in [0, 0.05) is 11.6 Å². The van der Waals surface area contributed by atoms with Gasteiger partial charge in [-0.15, -0.1) is 0 Å². The molecule has 116 valence electrons. The summed E-state index contributed by atoms with van der Waals surface area (Å²) in [7, 11) is -6.74. The van der Waals surface area contributed by atoms with E-state index in [2.05, 4.69) is 4.72 Å². The van der Waals surface area contributed by atoms with Crippen molar-refractivity contribution in [1.29, 1.82) is 0 Å². The van der Waals surface area contributed by atoms with Gasteiger partial charge in [0.1, 0.15) is 14.8 Å². The summed E-state index contributed by atoms with van der Waals surface area (Å²) in [5, 5.41) is 0. The van der Waals surface area contributed by atoms with E-state index in [1.165, 1.54) is 12.1 Å². The smallest absolute Gasteiger partial charge is 0.240 e. The fourth-order valence-electron chi connectivity index (χ4n) is 2.11. The Morgan fingerprint density at radius 2 is 1.90 bits per heavy atom. The van der Waals surface area contributed by atoms with Crippen LogP contribution < -0.4 is 10.5 Å². The maximum Gasteiger partial charge on any atom is 0.240 e. The zero-order valence-corrected chi connectivity index (χ0v) is 13.6. The fourth-order valence-corrected chi connectivity index (χ4v) is 5.08. The van der Waals surface area contributed by atoms with Crippen molar-refractivity contribution in [2.75, 3.05) is 11.5 Å². The van der Waals surface area contributed by atoms with Crippen LogP contribution in [0.4, 0.5) is 0 Å². The molecule has 0 aliphatic carbocycles. The molecule has 1 aliphatic rings. The lowest BCUT2D eigenvalue weighted by Gasteiger charge is -2.23. The summed E-state index contributed by atoms with van der Waals surface area (Å²) < 4.78 is 49.8. The molecule has 3 N–H and O–H groups in total. The maximum atomic E-state index is 12.3. The average Bonchev–Trinajstić information content (AvgIpc) is 2.41. The fraction of sp³-hybridized carbons (Fsp3) is 0.417. The molecular weight excluding hydrogens is 332 g/mol. The molecule has 0 aromatic heterocycles. The molecule has 1 aromatic rings. The van der Waals surface area contributed by atoms with E-state index >= 15 is 0 Å². The van der Waals surface area contributed by atoms with Crippen LogP contribution in [0.25, 0.3) is 0 Å². The van der Waals surface area contributed by atoms with Crippen molar-refractivity contribution in [2.45, 2.75) is 23.8 Å². The van der Waals surface area contributed by atoms with Crippen molar-refractivity contribution >= 4 is 37.1 Å². The number of nitrogens with two attached hydrogens (primary N) is 1. The van der Waals surface area contributed by atoms with Crippen LogP contribution in [-0.4, -0.2) is 39.4 Å². The molecule has 1 heterocycles. The quantitative estimate of drug-likeness (QED) is 0.752. The number of sulfonamides is 1. The summed E-state index contributed by atoms with van der Waals surface area (Å²) in [6.07, 6.45) is 0.576. The highest BCUT2D eigenvalue weighted by Crippen LogP contribution is 2.17. The molecule has 1 saturated heterocycles. The van der Waals surface area contributed by atoms with Crippen molar-refractivity contribution in [2.24, 2.45) is 5.73 Å².